The van der Waals surface area contributed by atoms with Gasteiger partial charge in [0.2, 0.25) is 10.0 Å². The number of carboxylic acids is 1. The van der Waals surface area contributed by atoms with E-state index in [9.17, 15) is 13.2 Å². The van der Waals surface area contributed by atoms with Gasteiger partial charge in [0.25, 0.3) is 0 Å². The lowest BCUT2D eigenvalue weighted by Crippen LogP contribution is -2.26. The van der Waals surface area contributed by atoms with E-state index in [1.54, 1.807) is 6.07 Å². The summed E-state index contributed by atoms with van der Waals surface area (Å²) in [6.45, 7) is 3.54. The molecule has 0 unspecified atom stereocenters. The minimum atomic E-state index is -3.12. The van der Waals surface area contributed by atoms with E-state index < -0.39 is 16.0 Å². The summed E-state index contributed by atoms with van der Waals surface area (Å²) >= 11 is 1.26. The van der Waals surface area contributed by atoms with Gasteiger partial charge in [0.05, 0.1) is 6.26 Å². The molecular weight excluding hydrogens is 288 g/mol. The molecule has 0 aliphatic rings. The molecule has 8 heteroatoms. The first-order valence-electron chi connectivity index (χ1n) is 5.77. The van der Waals surface area contributed by atoms with Crippen LogP contribution in [0, 0.1) is 6.92 Å². The van der Waals surface area contributed by atoms with Crippen LogP contribution in [0.25, 0.3) is 0 Å². The predicted molar refractivity (Wildman–Crippen MR) is 75.2 cm³/mol. The zero-order valence-electron chi connectivity index (χ0n) is 10.9. The van der Waals surface area contributed by atoms with Gasteiger partial charge < -0.3 is 10.4 Å². The first kappa shape index (κ1) is 16.1. The second kappa shape index (κ2) is 6.99. The number of carbonyl (C=O) groups is 1. The molecular formula is C11H18N2O4S2. The second-order valence-electron chi connectivity index (χ2n) is 4.19. The molecule has 0 saturated heterocycles. The molecule has 0 fully saturated rings. The van der Waals surface area contributed by atoms with Gasteiger partial charge in [-0.1, -0.05) is 0 Å². The van der Waals surface area contributed by atoms with Crippen LogP contribution in [0.3, 0.4) is 0 Å². The molecule has 108 valence electrons. The summed E-state index contributed by atoms with van der Waals surface area (Å²) < 4.78 is 24.0. The molecule has 1 rings (SSSR count). The SMILES string of the molecule is Cc1sc(C(=O)O)cc1CNCCCNS(C)(=O)=O. The normalized spacial score (nSPS) is 11.7. The highest BCUT2D eigenvalue weighted by atomic mass is 32.2. The van der Waals surface area contributed by atoms with Crippen LogP contribution in [0.5, 0.6) is 0 Å². The number of thiophene rings is 1. The third kappa shape index (κ3) is 6.15. The van der Waals surface area contributed by atoms with Crippen molar-refractivity contribution >= 4 is 27.3 Å². The molecule has 19 heavy (non-hydrogen) atoms. The van der Waals surface area contributed by atoms with Crippen molar-refractivity contribution in [2.75, 3.05) is 19.3 Å². The van der Waals surface area contributed by atoms with E-state index in [1.165, 1.54) is 11.3 Å². The van der Waals surface area contributed by atoms with E-state index in [0.717, 1.165) is 16.7 Å². The molecule has 0 saturated carbocycles. The molecule has 0 aromatic carbocycles. The van der Waals surface area contributed by atoms with Gasteiger partial charge in [-0.2, -0.15) is 0 Å². The number of nitrogens with one attached hydrogen (secondary N) is 2. The summed E-state index contributed by atoms with van der Waals surface area (Å²) in [4.78, 5) is 12.1. The van der Waals surface area contributed by atoms with Crippen LogP contribution >= 0.6 is 11.3 Å². The summed E-state index contributed by atoms with van der Waals surface area (Å²) in [5.41, 5.74) is 0.971. The van der Waals surface area contributed by atoms with Crippen molar-refractivity contribution < 1.29 is 18.3 Å². The van der Waals surface area contributed by atoms with Crippen molar-refractivity contribution in [3.05, 3.63) is 21.4 Å². The minimum Gasteiger partial charge on any atom is -0.477 e. The Hall–Kier alpha value is -0.960. The van der Waals surface area contributed by atoms with Crippen LogP contribution in [0.1, 0.15) is 26.5 Å². The van der Waals surface area contributed by atoms with Gasteiger partial charge in [-0.3, -0.25) is 0 Å². The molecule has 1 heterocycles. The fraction of sp³-hybridized carbons (Fsp3) is 0.545. The maximum Gasteiger partial charge on any atom is 0.345 e. The van der Waals surface area contributed by atoms with Gasteiger partial charge in [-0.05, 0) is 31.5 Å². The molecule has 0 amide bonds. The van der Waals surface area contributed by atoms with Gasteiger partial charge in [-0.15, -0.1) is 11.3 Å². The smallest absolute Gasteiger partial charge is 0.345 e. The van der Waals surface area contributed by atoms with Crippen molar-refractivity contribution in [3.8, 4) is 0 Å². The number of sulfonamides is 1. The summed E-state index contributed by atoms with van der Waals surface area (Å²) in [5.74, 6) is -0.906. The standard InChI is InChI=1S/C11H18N2O4S2/c1-8-9(6-10(18-8)11(14)15)7-12-4-3-5-13-19(2,16)17/h6,12-13H,3-5,7H2,1-2H3,(H,14,15). The first-order chi connectivity index (χ1) is 8.79. The lowest BCUT2D eigenvalue weighted by Gasteiger charge is -2.04. The maximum atomic E-state index is 10.8. The van der Waals surface area contributed by atoms with Crippen LogP contribution in [0.15, 0.2) is 6.07 Å². The number of carboxylic acid groups (broad SMARTS) is 1. The maximum absolute atomic E-state index is 10.8. The van der Waals surface area contributed by atoms with Crippen molar-refractivity contribution in [1.29, 1.82) is 0 Å². The number of hydrogen-bond acceptors (Lipinski definition) is 5. The molecule has 0 aliphatic heterocycles. The number of rotatable bonds is 8. The van der Waals surface area contributed by atoms with E-state index in [0.29, 0.717) is 30.9 Å². The number of aryl methyl sites for hydroxylation is 1. The van der Waals surface area contributed by atoms with E-state index >= 15 is 0 Å². The van der Waals surface area contributed by atoms with E-state index in [1.807, 2.05) is 6.92 Å². The Labute approximate surface area is 116 Å². The Kier molecular flexibility index (Phi) is 5.92. The minimum absolute atomic E-state index is 0.341. The van der Waals surface area contributed by atoms with Gasteiger partial charge in [0, 0.05) is 18.0 Å². The summed E-state index contributed by atoms with van der Waals surface area (Å²) in [7, 11) is -3.12. The molecule has 0 aliphatic carbocycles. The quantitative estimate of drug-likeness (QED) is 0.617. The Morgan fingerprint density at radius 1 is 1.42 bits per heavy atom. The molecule has 0 atom stereocenters. The van der Waals surface area contributed by atoms with Crippen LogP contribution in [0.2, 0.25) is 0 Å². The van der Waals surface area contributed by atoms with Crippen molar-refractivity contribution in [2.24, 2.45) is 0 Å². The van der Waals surface area contributed by atoms with E-state index in [4.69, 9.17) is 5.11 Å². The topological polar surface area (TPSA) is 95.5 Å². The summed E-state index contributed by atoms with van der Waals surface area (Å²) in [6, 6.07) is 1.67. The molecule has 0 bridgehead atoms. The third-order valence-corrected chi connectivity index (χ3v) is 4.25. The highest BCUT2D eigenvalue weighted by molar-refractivity contribution is 7.88. The monoisotopic (exact) mass is 306 g/mol. The van der Waals surface area contributed by atoms with Gasteiger partial charge >= 0.3 is 5.97 Å². The average Bonchev–Trinajstić information content (AvgIpc) is 2.64. The lowest BCUT2D eigenvalue weighted by atomic mass is 10.2. The largest absolute Gasteiger partial charge is 0.477 e. The summed E-state index contributed by atoms with van der Waals surface area (Å²) in [5, 5.41) is 12.0. The number of hydrogen-bond donors (Lipinski definition) is 3. The van der Waals surface area contributed by atoms with Gasteiger partial charge in [0.15, 0.2) is 0 Å². The average molecular weight is 306 g/mol. The first-order valence-corrected chi connectivity index (χ1v) is 8.48. The lowest BCUT2D eigenvalue weighted by molar-refractivity contribution is 0.0702. The third-order valence-electron chi connectivity index (χ3n) is 2.44. The molecule has 0 spiro atoms. The Balaban J connectivity index is 2.28. The molecule has 6 nitrogen and oxygen atoms in total. The van der Waals surface area contributed by atoms with E-state index in [-0.39, 0.29) is 0 Å². The van der Waals surface area contributed by atoms with Crippen molar-refractivity contribution in [2.45, 2.75) is 19.9 Å². The number of aromatic carboxylic acids is 1. The Morgan fingerprint density at radius 2 is 2.11 bits per heavy atom. The summed E-state index contributed by atoms with van der Waals surface area (Å²) in [6.07, 6.45) is 1.81. The van der Waals surface area contributed by atoms with Crippen molar-refractivity contribution in [1.82, 2.24) is 10.0 Å². The van der Waals surface area contributed by atoms with Crippen molar-refractivity contribution in [3.63, 3.8) is 0 Å². The van der Waals surface area contributed by atoms with Crippen LogP contribution in [-0.2, 0) is 16.6 Å². The van der Waals surface area contributed by atoms with Gasteiger partial charge in [-0.25, -0.2) is 17.9 Å². The van der Waals surface area contributed by atoms with E-state index in [2.05, 4.69) is 10.0 Å². The highest BCUT2D eigenvalue weighted by Crippen LogP contribution is 2.21. The Bertz CT molecular complexity index is 537. The Morgan fingerprint density at radius 3 is 2.63 bits per heavy atom. The zero-order valence-corrected chi connectivity index (χ0v) is 12.5. The van der Waals surface area contributed by atoms with Crippen LogP contribution < -0.4 is 10.0 Å². The molecule has 1 aromatic heterocycles. The molecule has 0 radical (unpaired) electrons. The molecule has 3 N–H and O–H groups in total. The fourth-order valence-electron chi connectivity index (χ4n) is 1.49. The highest BCUT2D eigenvalue weighted by Gasteiger charge is 2.10. The fourth-order valence-corrected chi connectivity index (χ4v) is 2.89. The second-order valence-corrected chi connectivity index (χ2v) is 7.28. The van der Waals surface area contributed by atoms with Crippen LogP contribution in [-0.4, -0.2) is 38.8 Å². The predicted octanol–water partition coefficient (Wildman–Crippen LogP) is 0.784. The molecule has 1 aromatic rings. The van der Waals surface area contributed by atoms with Crippen LogP contribution in [0.4, 0.5) is 0 Å². The zero-order chi connectivity index (χ0) is 14.5. The van der Waals surface area contributed by atoms with Gasteiger partial charge in [0.1, 0.15) is 4.88 Å².